The number of esters is 1. The Morgan fingerprint density at radius 2 is 2.15 bits per heavy atom. The number of carbonyl (C=O) groups excluding carboxylic acids is 2. The van der Waals surface area contributed by atoms with Crippen LogP contribution in [-0.2, 0) is 9.53 Å². The molecule has 0 aliphatic carbocycles. The van der Waals surface area contributed by atoms with E-state index in [-0.39, 0.29) is 30.1 Å². The molecular formula is C17H19N3O7. The van der Waals surface area contributed by atoms with Crippen LogP contribution < -0.4 is 10.6 Å². The number of nitro groups is 1. The van der Waals surface area contributed by atoms with E-state index in [1.54, 1.807) is 19.1 Å². The Labute approximate surface area is 154 Å². The van der Waals surface area contributed by atoms with Gasteiger partial charge in [-0.05, 0) is 25.1 Å². The molecule has 10 heteroatoms. The second kappa shape index (κ2) is 9.34. The number of non-ortho nitro benzene ring substituents is 1. The number of aliphatic hydroxyl groups is 1. The van der Waals surface area contributed by atoms with Gasteiger partial charge in [0.15, 0.2) is 6.61 Å². The van der Waals surface area contributed by atoms with Gasteiger partial charge in [-0.15, -0.1) is 0 Å². The lowest BCUT2D eigenvalue weighted by atomic mass is 10.1. The van der Waals surface area contributed by atoms with Crippen LogP contribution in [0.1, 0.15) is 29.1 Å². The maximum absolute atomic E-state index is 12.3. The van der Waals surface area contributed by atoms with Crippen LogP contribution in [0.15, 0.2) is 41.0 Å². The van der Waals surface area contributed by atoms with Gasteiger partial charge in [-0.2, -0.15) is 0 Å². The zero-order valence-corrected chi connectivity index (χ0v) is 14.5. The molecule has 2 aromatic rings. The maximum atomic E-state index is 12.3. The zero-order valence-electron chi connectivity index (χ0n) is 14.5. The van der Waals surface area contributed by atoms with Crippen molar-refractivity contribution in [1.29, 1.82) is 0 Å². The number of hydrogen-bond donors (Lipinski definition) is 3. The summed E-state index contributed by atoms with van der Waals surface area (Å²) in [6.07, 6.45) is 1.47. The summed E-state index contributed by atoms with van der Waals surface area (Å²) >= 11 is 0. The van der Waals surface area contributed by atoms with Crippen LogP contribution in [0.25, 0.3) is 0 Å². The van der Waals surface area contributed by atoms with Crippen molar-refractivity contribution in [3.8, 4) is 0 Å². The summed E-state index contributed by atoms with van der Waals surface area (Å²) in [5.74, 6) is -0.911. The van der Waals surface area contributed by atoms with E-state index < -0.39 is 29.4 Å². The van der Waals surface area contributed by atoms with Crippen LogP contribution in [0.4, 0.5) is 11.4 Å². The van der Waals surface area contributed by atoms with Crippen LogP contribution in [0.2, 0.25) is 0 Å². The number of benzene rings is 1. The predicted molar refractivity (Wildman–Crippen MR) is 94.2 cm³/mol. The number of nitrogens with zero attached hydrogens (tertiary/aromatic N) is 1. The molecule has 0 aliphatic rings. The lowest BCUT2D eigenvalue weighted by molar-refractivity contribution is -0.384. The molecule has 1 amide bonds. The minimum absolute atomic E-state index is 0.107. The summed E-state index contributed by atoms with van der Waals surface area (Å²) in [7, 11) is 0. The molecular weight excluding hydrogens is 358 g/mol. The van der Waals surface area contributed by atoms with E-state index in [0.29, 0.717) is 5.76 Å². The van der Waals surface area contributed by atoms with E-state index in [1.807, 2.05) is 0 Å². The van der Waals surface area contributed by atoms with E-state index in [4.69, 9.17) is 14.3 Å². The monoisotopic (exact) mass is 377 g/mol. The van der Waals surface area contributed by atoms with Gasteiger partial charge >= 0.3 is 5.97 Å². The summed E-state index contributed by atoms with van der Waals surface area (Å²) in [6, 6.07) is 6.56. The normalized spacial score (nSPS) is 11.5. The number of ether oxygens (including phenoxy) is 1. The second-order valence-corrected chi connectivity index (χ2v) is 5.52. The first-order valence-corrected chi connectivity index (χ1v) is 8.05. The third-order valence-electron chi connectivity index (χ3n) is 3.54. The first kappa shape index (κ1) is 19.9. The minimum atomic E-state index is -0.903. The maximum Gasteiger partial charge on any atom is 0.341 e. The number of furan rings is 1. The van der Waals surface area contributed by atoms with Crippen LogP contribution in [-0.4, -0.2) is 41.7 Å². The molecule has 2 rings (SSSR count). The Balaban J connectivity index is 2.02. The number of hydrogen-bond acceptors (Lipinski definition) is 8. The number of nitrogens with one attached hydrogen (secondary N) is 2. The topological polar surface area (TPSA) is 144 Å². The van der Waals surface area contributed by atoms with Gasteiger partial charge in [-0.1, -0.05) is 0 Å². The molecule has 27 heavy (non-hydrogen) atoms. The molecule has 0 bridgehead atoms. The number of amides is 1. The Bertz CT molecular complexity index is 805. The molecule has 0 radical (unpaired) electrons. The Morgan fingerprint density at radius 1 is 1.37 bits per heavy atom. The van der Waals surface area contributed by atoms with Gasteiger partial charge in [0.1, 0.15) is 5.76 Å². The summed E-state index contributed by atoms with van der Waals surface area (Å²) in [4.78, 5) is 34.5. The zero-order chi connectivity index (χ0) is 19.8. The van der Waals surface area contributed by atoms with Crippen molar-refractivity contribution in [2.45, 2.75) is 13.0 Å². The quantitative estimate of drug-likeness (QED) is 0.340. The number of anilines is 1. The van der Waals surface area contributed by atoms with Crippen molar-refractivity contribution in [1.82, 2.24) is 5.32 Å². The average Bonchev–Trinajstić information content (AvgIpc) is 3.19. The van der Waals surface area contributed by atoms with E-state index in [0.717, 1.165) is 6.07 Å². The molecule has 1 aromatic carbocycles. The Morgan fingerprint density at radius 3 is 2.78 bits per heavy atom. The summed E-state index contributed by atoms with van der Waals surface area (Å²) in [5, 5.41) is 25.2. The third kappa shape index (κ3) is 5.54. The summed E-state index contributed by atoms with van der Waals surface area (Å²) < 4.78 is 10.1. The highest BCUT2D eigenvalue weighted by atomic mass is 16.6. The highest BCUT2D eigenvalue weighted by molar-refractivity contribution is 5.97. The molecule has 0 saturated carbocycles. The molecule has 0 unspecified atom stereocenters. The first-order valence-electron chi connectivity index (χ1n) is 8.05. The van der Waals surface area contributed by atoms with Gasteiger partial charge in [0.25, 0.3) is 11.6 Å². The molecule has 10 nitrogen and oxygen atoms in total. The van der Waals surface area contributed by atoms with Crippen molar-refractivity contribution in [2.75, 3.05) is 25.1 Å². The molecule has 1 heterocycles. The smallest absolute Gasteiger partial charge is 0.341 e. The highest BCUT2D eigenvalue weighted by Crippen LogP contribution is 2.23. The van der Waals surface area contributed by atoms with Gasteiger partial charge in [0, 0.05) is 24.4 Å². The van der Waals surface area contributed by atoms with Gasteiger partial charge in [0.2, 0.25) is 0 Å². The number of aliphatic hydroxyl groups excluding tert-OH is 1. The fraction of sp³-hybridized carbons (Fsp3) is 0.294. The third-order valence-corrected chi connectivity index (χ3v) is 3.54. The molecule has 0 spiro atoms. The van der Waals surface area contributed by atoms with Crippen LogP contribution >= 0.6 is 0 Å². The van der Waals surface area contributed by atoms with Crippen LogP contribution in [0.3, 0.4) is 0 Å². The average molecular weight is 377 g/mol. The first-order chi connectivity index (χ1) is 12.9. The molecule has 0 fully saturated rings. The van der Waals surface area contributed by atoms with Crippen molar-refractivity contribution < 1.29 is 28.8 Å². The van der Waals surface area contributed by atoms with Gasteiger partial charge < -0.3 is 24.9 Å². The van der Waals surface area contributed by atoms with E-state index in [2.05, 4.69) is 10.6 Å². The number of rotatable bonds is 9. The predicted octanol–water partition coefficient (Wildman–Crippen LogP) is 1.63. The van der Waals surface area contributed by atoms with Crippen molar-refractivity contribution in [3.63, 3.8) is 0 Å². The lowest BCUT2D eigenvalue weighted by Crippen LogP contribution is -2.31. The molecule has 1 atom stereocenters. The second-order valence-electron chi connectivity index (χ2n) is 5.52. The Kier molecular flexibility index (Phi) is 6.89. The largest absolute Gasteiger partial charge is 0.467 e. The fourth-order valence-electron chi connectivity index (χ4n) is 2.26. The van der Waals surface area contributed by atoms with Crippen molar-refractivity contribution >= 4 is 23.3 Å². The van der Waals surface area contributed by atoms with E-state index >= 15 is 0 Å². The lowest BCUT2D eigenvalue weighted by Gasteiger charge is -2.13. The molecule has 0 aliphatic heterocycles. The highest BCUT2D eigenvalue weighted by Gasteiger charge is 2.20. The summed E-state index contributed by atoms with van der Waals surface area (Å²) in [5.41, 5.74) is -0.152. The van der Waals surface area contributed by atoms with E-state index in [1.165, 1.54) is 18.4 Å². The van der Waals surface area contributed by atoms with Crippen LogP contribution in [0, 0.1) is 10.1 Å². The van der Waals surface area contributed by atoms with Crippen molar-refractivity contribution in [2.24, 2.45) is 0 Å². The van der Waals surface area contributed by atoms with Crippen molar-refractivity contribution in [3.05, 3.63) is 58.0 Å². The standard InChI is InChI=1S/C17H19N3O7/c1-11(15-3-2-8-26-15)19-16(22)10-27-17(23)13-9-12(20(24)25)4-5-14(13)18-6-7-21/h2-5,8-9,11,18,21H,6-7,10H2,1H3,(H,19,22)/t11-/m0/s1. The SMILES string of the molecule is C[C@H](NC(=O)COC(=O)c1cc([N+](=O)[O-])ccc1NCCO)c1ccco1. The van der Waals surface area contributed by atoms with Crippen LogP contribution in [0.5, 0.6) is 0 Å². The molecule has 3 N–H and O–H groups in total. The van der Waals surface area contributed by atoms with Gasteiger partial charge in [-0.25, -0.2) is 4.79 Å². The summed E-state index contributed by atoms with van der Waals surface area (Å²) in [6.45, 7) is 1.08. The van der Waals surface area contributed by atoms with Gasteiger partial charge in [0.05, 0.1) is 29.4 Å². The Hall–Kier alpha value is -3.40. The molecule has 144 valence electrons. The number of carbonyl (C=O) groups is 2. The minimum Gasteiger partial charge on any atom is -0.467 e. The number of nitro benzene ring substituents is 1. The van der Waals surface area contributed by atoms with E-state index in [9.17, 15) is 19.7 Å². The fourth-order valence-corrected chi connectivity index (χ4v) is 2.26. The molecule has 0 saturated heterocycles. The molecule has 1 aromatic heterocycles. The van der Waals surface area contributed by atoms with Gasteiger partial charge in [-0.3, -0.25) is 14.9 Å².